The number of nitrogens with zero attached hydrogens (tertiary/aromatic N) is 1. The molecular formula is C23H38N2. The van der Waals surface area contributed by atoms with Gasteiger partial charge >= 0.3 is 0 Å². The first-order valence-electron chi connectivity index (χ1n) is 10.4. The van der Waals surface area contributed by atoms with Crippen molar-refractivity contribution in [2.45, 2.75) is 77.2 Å². The van der Waals surface area contributed by atoms with Gasteiger partial charge in [0.05, 0.1) is 0 Å². The van der Waals surface area contributed by atoms with Crippen LogP contribution in [0, 0.1) is 11.3 Å². The van der Waals surface area contributed by atoms with Gasteiger partial charge < -0.3 is 10.2 Å². The minimum absolute atomic E-state index is 0.559. The van der Waals surface area contributed by atoms with Gasteiger partial charge in [-0.05, 0) is 100 Å². The van der Waals surface area contributed by atoms with E-state index in [1.807, 2.05) is 0 Å². The Morgan fingerprint density at radius 2 is 1.52 bits per heavy atom. The van der Waals surface area contributed by atoms with Crippen LogP contribution in [-0.2, 0) is 0 Å². The minimum atomic E-state index is 0.559. The Balaban J connectivity index is 1.47. The van der Waals surface area contributed by atoms with Crippen LogP contribution in [0.2, 0.25) is 0 Å². The molecule has 1 aromatic rings. The topological polar surface area (TPSA) is 15.3 Å². The van der Waals surface area contributed by atoms with Gasteiger partial charge in [0.15, 0.2) is 0 Å². The standard InChI is InChI=1S/C23H38N2/c1-23(2)15-13-20(14-16-23)19-7-11-22(12-8-19)24-21-9-5-18(6-10-21)17-25(3)4/h7-8,11-12,18,20-21,24H,5-6,9-10,13-17H2,1-4H3. The zero-order valence-corrected chi connectivity index (χ0v) is 16.9. The molecule has 0 aromatic heterocycles. The molecule has 2 aliphatic carbocycles. The fourth-order valence-corrected chi connectivity index (χ4v) is 4.83. The highest BCUT2D eigenvalue weighted by Crippen LogP contribution is 2.42. The van der Waals surface area contributed by atoms with Gasteiger partial charge in [-0.1, -0.05) is 26.0 Å². The van der Waals surface area contributed by atoms with Crippen LogP contribution in [-0.4, -0.2) is 31.6 Å². The fourth-order valence-electron chi connectivity index (χ4n) is 4.83. The Kier molecular flexibility index (Phi) is 6.09. The SMILES string of the molecule is CN(C)CC1CCC(Nc2ccc(C3CCC(C)(C)CC3)cc2)CC1. The van der Waals surface area contributed by atoms with Gasteiger partial charge in [0.25, 0.3) is 0 Å². The number of nitrogens with one attached hydrogen (secondary N) is 1. The lowest BCUT2D eigenvalue weighted by atomic mass is 9.71. The van der Waals surface area contributed by atoms with Crippen molar-refractivity contribution in [3.05, 3.63) is 29.8 Å². The quantitative estimate of drug-likeness (QED) is 0.716. The Hall–Kier alpha value is -1.02. The molecule has 0 atom stereocenters. The summed E-state index contributed by atoms with van der Waals surface area (Å²) in [6.45, 7) is 6.09. The summed E-state index contributed by atoms with van der Waals surface area (Å²) in [5.74, 6) is 1.68. The van der Waals surface area contributed by atoms with E-state index in [2.05, 4.69) is 62.4 Å². The van der Waals surface area contributed by atoms with E-state index in [-0.39, 0.29) is 0 Å². The lowest BCUT2D eigenvalue weighted by Crippen LogP contribution is -2.30. The van der Waals surface area contributed by atoms with Gasteiger partial charge in [-0.3, -0.25) is 0 Å². The van der Waals surface area contributed by atoms with Crippen molar-refractivity contribution in [3.63, 3.8) is 0 Å². The Morgan fingerprint density at radius 3 is 2.08 bits per heavy atom. The Bertz CT molecular complexity index is 514. The molecule has 0 bridgehead atoms. The summed E-state index contributed by atoms with van der Waals surface area (Å²) in [5, 5.41) is 3.78. The molecule has 3 rings (SSSR count). The molecule has 0 spiro atoms. The van der Waals surface area contributed by atoms with Crippen LogP contribution in [0.1, 0.15) is 76.7 Å². The third kappa shape index (κ3) is 5.48. The molecule has 0 unspecified atom stereocenters. The van der Waals surface area contributed by atoms with Gasteiger partial charge in [-0.15, -0.1) is 0 Å². The summed E-state index contributed by atoms with van der Waals surface area (Å²) in [6, 6.07) is 10.1. The molecule has 0 heterocycles. The van der Waals surface area contributed by atoms with Crippen LogP contribution >= 0.6 is 0 Å². The van der Waals surface area contributed by atoms with Gasteiger partial charge in [0, 0.05) is 18.3 Å². The zero-order valence-electron chi connectivity index (χ0n) is 16.9. The summed E-state index contributed by atoms with van der Waals surface area (Å²) in [7, 11) is 4.39. The van der Waals surface area contributed by atoms with Crippen LogP contribution in [0.4, 0.5) is 5.69 Å². The molecule has 2 aliphatic rings. The molecule has 0 radical (unpaired) electrons. The van der Waals surface area contributed by atoms with Gasteiger partial charge in [-0.2, -0.15) is 0 Å². The van der Waals surface area contributed by atoms with Crippen LogP contribution in [0.15, 0.2) is 24.3 Å². The number of anilines is 1. The highest BCUT2D eigenvalue weighted by atomic mass is 15.1. The van der Waals surface area contributed by atoms with Crippen molar-refractivity contribution in [2.24, 2.45) is 11.3 Å². The first-order valence-corrected chi connectivity index (χ1v) is 10.4. The molecule has 140 valence electrons. The van der Waals surface area contributed by atoms with Crippen molar-refractivity contribution in [1.82, 2.24) is 4.90 Å². The van der Waals surface area contributed by atoms with Gasteiger partial charge in [0.1, 0.15) is 0 Å². The Labute approximate surface area is 155 Å². The highest BCUT2D eigenvalue weighted by Gasteiger charge is 2.27. The minimum Gasteiger partial charge on any atom is -0.382 e. The fraction of sp³-hybridized carbons (Fsp3) is 0.739. The first-order chi connectivity index (χ1) is 11.9. The summed E-state index contributed by atoms with van der Waals surface area (Å²) < 4.78 is 0. The molecule has 1 N–H and O–H groups in total. The smallest absolute Gasteiger partial charge is 0.0342 e. The summed E-state index contributed by atoms with van der Waals surface area (Å²) in [5.41, 5.74) is 3.43. The summed E-state index contributed by atoms with van der Waals surface area (Å²) in [4.78, 5) is 2.34. The average Bonchev–Trinajstić information content (AvgIpc) is 2.57. The molecule has 2 nitrogen and oxygen atoms in total. The molecule has 2 saturated carbocycles. The van der Waals surface area contributed by atoms with Crippen LogP contribution in [0.3, 0.4) is 0 Å². The predicted octanol–water partition coefficient (Wildman–Crippen LogP) is 5.90. The largest absolute Gasteiger partial charge is 0.382 e. The number of benzene rings is 1. The van der Waals surface area contributed by atoms with E-state index in [9.17, 15) is 0 Å². The van der Waals surface area contributed by atoms with Crippen molar-refractivity contribution < 1.29 is 0 Å². The van der Waals surface area contributed by atoms with Crippen LogP contribution in [0.25, 0.3) is 0 Å². The zero-order chi connectivity index (χ0) is 17.9. The van der Waals surface area contributed by atoms with Crippen LogP contribution < -0.4 is 5.32 Å². The molecule has 2 heteroatoms. The summed E-state index contributed by atoms with van der Waals surface area (Å²) in [6.07, 6.45) is 10.8. The Morgan fingerprint density at radius 1 is 0.920 bits per heavy atom. The molecule has 25 heavy (non-hydrogen) atoms. The first kappa shape index (κ1) is 18.8. The lowest BCUT2D eigenvalue weighted by molar-refractivity contribution is 0.224. The second kappa shape index (κ2) is 8.12. The molecule has 1 aromatic carbocycles. The van der Waals surface area contributed by atoms with Crippen LogP contribution in [0.5, 0.6) is 0 Å². The third-order valence-corrected chi connectivity index (χ3v) is 6.56. The van der Waals surface area contributed by atoms with Crippen molar-refractivity contribution in [2.75, 3.05) is 26.0 Å². The molecule has 2 fully saturated rings. The number of hydrogen-bond donors (Lipinski definition) is 1. The van der Waals surface area contributed by atoms with E-state index < -0.39 is 0 Å². The van der Waals surface area contributed by atoms with E-state index in [0.29, 0.717) is 11.5 Å². The van der Waals surface area contributed by atoms with E-state index in [1.54, 1.807) is 5.56 Å². The second-order valence-electron chi connectivity index (χ2n) is 9.68. The van der Waals surface area contributed by atoms with Crippen molar-refractivity contribution in [3.8, 4) is 0 Å². The summed E-state index contributed by atoms with van der Waals surface area (Å²) >= 11 is 0. The third-order valence-electron chi connectivity index (χ3n) is 6.56. The molecule has 0 amide bonds. The number of hydrogen-bond acceptors (Lipinski definition) is 2. The van der Waals surface area contributed by atoms with E-state index in [0.717, 1.165) is 11.8 Å². The van der Waals surface area contributed by atoms with E-state index in [4.69, 9.17) is 0 Å². The lowest BCUT2D eigenvalue weighted by Gasteiger charge is -2.34. The van der Waals surface area contributed by atoms with E-state index in [1.165, 1.54) is 63.6 Å². The second-order valence-corrected chi connectivity index (χ2v) is 9.68. The van der Waals surface area contributed by atoms with Gasteiger partial charge in [0.2, 0.25) is 0 Å². The van der Waals surface area contributed by atoms with Crippen molar-refractivity contribution >= 4 is 5.69 Å². The molecule has 0 aliphatic heterocycles. The normalized spacial score (nSPS) is 27.4. The molecule has 0 saturated heterocycles. The molecular weight excluding hydrogens is 304 g/mol. The average molecular weight is 343 g/mol. The van der Waals surface area contributed by atoms with Gasteiger partial charge in [-0.25, -0.2) is 0 Å². The van der Waals surface area contributed by atoms with E-state index >= 15 is 0 Å². The maximum atomic E-state index is 3.78. The monoisotopic (exact) mass is 342 g/mol. The maximum Gasteiger partial charge on any atom is 0.0342 e. The maximum absolute atomic E-state index is 3.78. The predicted molar refractivity (Wildman–Crippen MR) is 109 cm³/mol. The number of rotatable bonds is 5. The van der Waals surface area contributed by atoms with Crippen molar-refractivity contribution in [1.29, 1.82) is 0 Å². The highest BCUT2D eigenvalue weighted by molar-refractivity contribution is 5.46.